The van der Waals surface area contributed by atoms with E-state index in [-0.39, 0.29) is 22.2 Å². The van der Waals surface area contributed by atoms with Crippen LogP contribution in [0.15, 0.2) is 46.9 Å². The van der Waals surface area contributed by atoms with E-state index in [1.807, 2.05) is 50.5 Å². The van der Waals surface area contributed by atoms with Gasteiger partial charge in [0.25, 0.3) is 5.91 Å². The van der Waals surface area contributed by atoms with Crippen molar-refractivity contribution in [1.29, 1.82) is 0 Å². The number of benzene rings is 2. The molecule has 0 unspecified atom stereocenters. The molecule has 2 aromatic carbocycles. The lowest BCUT2D eigenvalue weighted by molar-refractivity contribution is -0.118. The number of hydrogen-bond donors (Lipinski definition) is 2. The van der Waals surface area contributed by atoms with Gasteiger partial charge in [0.2, 0.25) is 0 Å². The molecule has 33 heavy (non-hydrogen) atoms. The molecule has 2 N–H and O–H groups in total. The third-order valence-corrected chi connectivity index (χ3v) is 6.05. The summed E-state index contributed by atoms with van der Waals surface area (Å²) in [4.78, 5) is 26.9. The number of hydrogen-bond acceptors (Lipinski definition) is 4. The van der Waals surface area contributed by atoms with Gasteiger partial charge < -0.3 is 10.2 Å². The van der Waals surface area contributed by atoms with Crippen LogP contribution in [-0.4, -0.2) is 42.3 Å². The number of ketones is 1. The number of nitrogens with zero attached hydrogens (tertiary/aromatic N) is 1. The van der Waals surface area contributed by atoms with Gasteiger partial charge in [0, 0.05) is 28.6 Å². The summed E-state index contributed by atoms with van der Waals surface area (Å²) >= 11 is 8.86. The monoisotopic (exact) mass is 531 g/mol. The normalized spacial score (nSPS) is 11.4. The van der Waals surface area contributed by atoms with Crippen molar-refractivity contribution >= 4 is 50.6 Å². The van der Waals surface area contributed by atoms with Gasteiger partial charge >= 0.3 is 0 Å². The van der Waals surface area contributed by atoms with E-state index in [0.717, 1.165) is 40.7 Å². The highest BCUT2D eigenvalue weighted by Gasteiger charge is 2.18. The van der Waals surface area contributed by atoms with Crippen molar-refractivity contribution in [2.24, 2.45) is 0 Å². The quantitative estimate of drug-likeness (QED) is 0.320. The molecule has 0 fully saturated rings. The van der Waals surface area contributed by atoms with Crippen molar-refractivity contribution in [1.82, 2.24) is 10.2 Å². The molecule has 0 aromatic heterocycles. The molecular formula is C26H34BrN3O2S. The van der Waals surface area contributed by atoms with Crippen molar-refractivity contribution in [3.63, 3.8) is 0 Å². The van der Waals surface area contributed by atoms with E-state index in [2.05, 4.69) is 52.2 Å². The first kappa shape index (κ1) is 27.2. The maximum atomic E-state index is 12.6. The van der Waals surface area contributed by atoms with Crippen LogP contribution in [0.3, 0.4) is 0 Å². The van der Waals surface area contributed by atoms with Crippen LogP contribution >= 0.6 is 28.1 Å². The first-order valence-electron chi connectivity index (χ1n) is 11.1. The highest BCUT2D eigenvalue weighted by atomic mass is 79.9. The van der Waals surface area contributed by atoms with Gasteiger partial charge in [-0.05, 0) is 86.5 Å². The third-order valence-electron chi connectivity index (χ3n) is 5.19. The molecule has 0 saturated heterocycles. The first-order chi connectivity index (χ1) is 15.5. The molecular weight excluding hydrogens is 498 g/mol. The summed E-state index contributed by atoms with van der Waals surface area (Å²) in [5, 5.41) is 5.96. The van der Waals surface area contributed by atoms with Gasteiger partial charge in [0.15, 0.2) is 5.11 Å². The van der Waals surface area contributed by atoms with E-state index in [1.54, 1.807) is 6.07 Å². The largest absolute Gasteiger partial charge is 0.332 e. The number of thiocarbonyl (C=S) groups is 1. The van der Waals surface area contributed by atoms with Gasteiger partial charge in [-0.15, -0.1) is 0 Å². The molecule has 0 spiro atoms. The predicted molar refractivity (Wildman–Crippen MR) is 144 cm³/mol. The number of carbonyl (C=O) groups excluding carboxylic acids is 2. The number of carbonyl (C=O) groups is 2. The van der Waals surface area contributed by atoms with Gasteiger partial charge in [-0.25, -0.2) is 0 Å². The van der Waals surface area contributed by atoms with Gasteiger partial charge in [-0.1, -0.05) is 54.9 Å². The van der Waals surface area contributed by atoms with Crippen LogP contribution in [0.1, 0.15) is 61.5 Å². The minimum absolute atomic E-state index is 0.0203. The molecule has 178 valence electrons. The zero-order valence-electron chi connectivity index (χ0n) is 20.1. The van der Waals surface area contributed by atoms with Crippen LogP contribution in [-0.2, 0) is 16.6 Å². The van der Waals surface area contributed by atoms with Crippen LogP contribution in [0.4, 0.5) is 5.69 Å². The highest BCUT2D eigenvalue weighted by Crippen LogP contribution is 2.30. The van der Waals surface area contributed by atoms with Crippen LogP contribution in [0.5, 0.6) is 0 Å². The Kier molecular flexibility index (Phi) is 10.2. The second-order valence-corrected chi connectivity index (χ2v) is 10.8. The summed E-state index contributed by atoms with van der Waals surface area (Å²) in [6, 6.07) is 13.1. The number of nitrogens with one attached hydrogen (secondary N) is 2. The van der Waals surface area contributed by atoms with Crippen LogP contribution in [0, 0.1) is 0 Å². The Bertz CT molecular complexity index is 982. The summed E-state index contributed by atoms with van der Waals surface area (Å²) in [5.74, 6) is -0.0222. The minimum Gasteiger partial charge on any atom is -0.332 e. The summed E-state index contributed by atoms with van der Waals surface area (Å²) in [6.07, 6.45) is 2.99. The Hall–Kier alpha value is -2.09. The Morgan fingerprint density at radius 2 is 1.70 bits per heavy atom. The molecule has 1 amide bonds. The highest BCUT2D eigenvalue weighted by molar-refractivity contribution is 9.10. The number of amides is 1. The lowest BCUT2D eigenvalue weighted by Crippen LogP contribution is -2.34. The van der Waals surface area contributed by atoms with E-state index in [9.17, 15) is 9.59 Å². The maximum absolute atomic E-state index is 12.6. The Morgan fingerprint density at radius 3 is 2.27 bits per heavy atom. The molecule has 0 saturated carbocycles. The van der Waals surface area contributed by atoms with Gasteiger partial charge in [-0.3, -0.25) is 14.9 Å². The molecule has 0 aliphatic carbocycles. The van der Waals surface area contributed by atoms with Crippen molar-refractivity contribution in [3.05, 3.63) is 63.6 Å². The van der Waals surface area contributed by atoms with E-state index in [1.165, 1.54) is 0 Å². The zero-order chi connectivity index (χ0) is 24.6. The molecule has 0 atom stereocenters. The lowest BCUT2D eigenvalue weighted by atomic mass is 9.86. The predicted octanol–water partition coefficient (Wildman–Crippen LogP) is 5.72. The average Bonchev–Trinajstić information content (AvgIpc) is 2.71. The number of halogens is 1. The first-order valence-corrected chi connectivity index (χ1v) is 12.3. The van der Waals surface area contributed by atoms with Gasteiger partial charge in [0.05, 0.1) is 0 Å². The maximum Gasteiger partial charge on any atom is 0.257 e. The van der Waals surface area contributed by atoms with Crippen molar-refractivity contribution in [2.75, 3.05) is 26.0 Å². The fourth-order valence-corrected chi connectivity index (χ4v) is 4.56. The second kappa shape index (κ2) is 12.4. The van der Waals surface area contributed by atoms with Crippen LogP contribution in [0.25, 0.3) is 0 Å². The van der Waals surface area contributed by atoms with Crippen molar-refractivity contribution in [2.45, 2.75) is 51.9 Å². The molecule has 5 nitrogen and oxygen atoms in total. The van der Waals surface area contributed by atoms with E-state index in [0.29, 0.717) is 18.4 Å². The topological polar surface area (TPSA) is 61.4 Å². The molecule has 2 aromatic rings. The van der Waals surface area contributed by atoms with E-state index < -0.39 is 0 Å². The number of Topliss-reactive ketones (excluding diaryl/α,β-unsaturated/α-hetero) is 1. The number of rotatable bonds is 9. The Labute approximate surface area is 211 Å². The fraction of sp³-hybridized carbons (Fsp3) is 0.423. The van der Waals surface area contributed by atoms with E-state index >= 15 is 0 Å². The fourth-order valence-electron chi connectivity index (χ4n) is 3.37. The van der Waals surface area contributed by atoms with Crippen LogP contribution in [0.2, 0.25) is 0 Å². The summed E-state index contributed by atoms with van der Waals surface area (Å²) < 4.78 is 0.893. The third kappa shape index (κ3) is 9.35. The van der Waals surface area contributed by atoms with Gasteiger partial charge in [-0.2, -0.15) is 0 Å². The molecule has 0 radical (unpaired) electrons. The molecule has 0 aliphatic rings. The van der Waals surface area contributed by atoms with Gasteiger partial charge in [0.1, 0.15) is 5.78 Å². The van der Waals surface area contributed by atoms with Crippen LogP contribution < -0.4 is 10.6 Å². The summed E-state index contributed by atoms with van der Waals surface area (Å²) in [5.41, 5.74) is 3.36. The Morgan fingerprint density at radius 1 is 1.03 bits per heavy atom. The molecule has 2 rings (SSSR count). The molecule has 0 aliphatic heterocycles. The minimum atomic E-state index is -0.273. The lowest BCUT2D eigenvalue weighted by Gasteiger charge is -2.21. The molecule has 0 heterocycles. The SMILES string of the molecule is CN(C)CCCCC(=O)Cc1ccc(NC(=S)NC(=O)c2ccc(C(C)(C)C)c(Br)c2)cc1. The smallest absolute Gasteiger partial charge is 0.257 e. The average molecular weight is 533 g/mol. The van der Waals surface area contributed by atoms with Crippen molar-refractivity contribution in [3.8, 4) is 0 Å². The number of anilines is 1. The summed E-state index contributed by atoms with van der Waals surface area (Å²) in [6.45, 7) is 7.38. The second-order valence-electron chi connectivity index (χ2n) is 9.53. The molecule has 0 bridgehead atoms. The van der Waals surface area contributed by atoms with Crippen molar-refractivity contribution < 1.29 is 9.59 Å². The number of unbranched alkanes of at least 4 members (excludes halogenated alkanes) is 1. The standard InChI is InChI=1S/C26H34BrN3O2S/c1-26(2,3)22-14-11-19(17-23(22)27)24(32)29-25(33)28-20-12-9-18(10-13-20)16-21(31)8-6-7-15-30(4)5/h9-14,17H,6-8,15-16H2,1-5H3,(H2,28,29,32,33). The van der Waals surface area contributed by atoms with E-state index in [4.69, 9.17) is 12.2 Å². The zero-order valence-corrected chi connectivity index (χ0v) is 22.5. The summed E-state index contributed by atoms with van der Waals surface area (Å²) in [7, 11) is 4.08. The molecule has 7 heteroatoms. The Balaban J connectivity index is 1.85.